The van der Waals surface area contributed by atoms with Gasteiger partial charge in [-0.15, -0.1) is 0 Å². The summed E-state index contributed by atoms with van der Waals surface area (Å²) in [5, 5.41) is 6.64. The third-order valence-electron chi connectivity index (χ3n) is 7.39. The fourth-order valence-electron chi connectivity index (χ4n) is 5.43. The molecule has 1 aliphatic carbocycles. The van der Waals surface area contributed by atoms with Crippen LogP contribution in [-0.4, -0.2) is 58.0 Å². The first-order chi connectivity index (χ1) is 14.5. The predicted octanol–water partition coefficient (Wildman–Crippen LogP) is 2.33. The number of amides is 2. The summed E-state index contributed by atoms with van der Waals surface area (Å²) in [6, 6.07) is 12.1. The second-order valence-electron chi connectivity index (χ2n) is 9.28. The fourth-order valence-corrected chi connectivity index (χ4v) is 5.43. The van der Waals surface area contributed by atoms with Gasteiger partial charge in [0.05, 0.1) is 0 Å². The minimum atomic E-state index is -0.0513. The number of aromatic amines is 1. The van der Waals surface area contributed by atoms with Gasteiger partial charge >= 0.3 is 0 Å². The maximum Gasteiger partial charge on any atom is 0.271 e. The van der Waals surface area contributed by atoms with Gasteiger partial charge in [-0.2, -0.15) is 5.10 Å². The Morgan fingerprint density at radius 3 is 2.53 bits per heavy atom. The number of hydrogen-bond acceptors (Lipinski definition) is 4. The Bertz CT molecular complexity index is 938. The largest absolute Gasteiger partial charge is 0.382 e. The molecule has 2 amide bonds. The summed E-state index contributed by atoms with van der Waals surface area (Å²) < 4.78 is 0. The second kappa shape index (κ2) is 7.45. The summed E-state index contributed by atoms with van der Waals surface area (Å²) >= 11 is 0. The molecule has 3 aliphatic rings. The molecule has 3 heterocycles. The number of benzene rings is 1. The Kier molecular flexibility index (Phi) is 4.76. The zero-order chi connectivity index (χ0) is 20.7. The van der Waals surface area contributed by atoms with E-state index < -0.39 is 0 Å². The minimum absolute atomic E-state index is 0.0452. The van der Waals surface area contributed by atoms with Crippen molar-refractivity contribution in [2.24, 2.45) is 17.3 Å². The van der Waals surface area contributed by atoms with Crippen molar-refractivity contribution in [3.63, 3.8) is 0 Å². The van der Waals surface area contributed by atoms with Gasteiger partial charge < -0.3 is 15.5 Å². The molecule has 5 rings (SSSR count). The standard InChI is InChI=1S/C23H29N5O2/c24-20-11-19(25-26-20)22(30)28-13-18-12-27(21(29)17-7-4-8-17)14-23(18,15-28)10-9-16-5-2-1-3-6-16/h1-3,5-6,11,17-18H,4,7-10,12-15H2,(H3,24,25,26)/t18-,23+/m1/s1. The van der Waals surface area contributed by atoms with Crippen molar-refractivity contribution in [2.75, 3.05) is 31.9 Å². The SMILES string of the molecule is Nc1cc(C(=O)N2C[C@H]3CN(C(=O)C4CCC4)C[C@@]3(CCc3ccccc3)C2)[nH]n1. The van der Waals surface area contributed by atoms with E-state index in [9.17, 15) is 9.59 Å². The number of H-pyrrole nitrogens is 1. The molecule has 1 aromatic carbocycles. The number of hydrogen-bond donors (Lipinski definition) is 2. The van der Waals surface area contributed by atoms with Crippen molar-refractivity contribution in [2.45, 2.75) is 32.1 Å². The van der Waals surface area contributed by atoms with Gasteiger partial charge in [0.15, 0.2) is 0 Å². The number of nitrogen functional groups attached to an aromatic ring is 1. The Morgan fingerprint density at radius 2 is 1.87 bits per heavy atom. The number of carbonyl (C=O) groups is 2. The number of nitrogens with zero attached hydrogens (tertiary/aromatic N) is 3. The lowest BCUT2D eigenvalue weighted by Crippen LogP contribution is -2.42. The van der Waals surface area contributed by atoms with E-state index in [4.69, 9.17) is 5.73 Å². The van der Waals surface area contributed by atoms with E-state index in [0.29, 0.717) is 36.4 Å². The van der Waals surface area contributed by atoms with Crippen molar-refractivity contribution in [3.05, 3.63) is 47.7 Å². The average molecular weight is 408 g/mol. The van der Waals surface area contributed by atoms with E-state index >= 15 is 0 Å². The summed E-state index contributed by atoms with van der Waals surface area (Å²) in [4.78, 5) is 30.0. The smallest absolute Gasteiger partial charge is 0.271 e. The lowest BCUT2D eigenvalue weighted by Gasteiger charge is -2.32. The lowest BCUT2D eigenvalue weighted by molar-refractivity contribution is -0.137. The van der Waals surface area contributed by atoms with Crippen molar-refractivity contribution in [1.29, 1.82) is 0 Å². The summed E-state index contributed by atoms with van der Waals surface area (Å²) in [6.07, 6.45) is 5.17. The Labute approximate surface area is 176 Å². The van der Waals surface area contributed by atoms with E-state index in [0.717, 1.165) is 38.8 Å². The quantitative estimate of drug-likeness (QED) is 0.795. The lowest BCUT2D eigenvalue weighted by atomic mass is 9.76. The number of likely N-dealkylation sites (tertiary alicyclic amines) is 2. The Morgan fingerprint density at radius 1 is 1.13 bits per heavy atom. The molecule has 2 aliphatic heterocycles. The molecule has 1 aromatic heterocycles. The molecule has 7 nitrogen and oxygen atoms in total. The van der Waals surface area contributed by atoms with Crippen LogP contribution in [0.1, 0.15) is 41.7 Å². The summed E-state index contributed by atoms with van der Waals surface area (Å²) in [5.74, 6) is 1.14. The van der Waals surface area contributed by atoms with Crippen molar-refractivity contribution < 1.29 is 9.59 Å². The number of rotatable bonds is 5. The predicted molar refractivity (Wildman–Crippen MR) is 114 cm³/mol. The van der Waals surface area contributed by atoms with Crippen LogP contribution in [0, 0.1) is 17.3 Å². The fraction of sp³-hybridized carbons (Fsp3) is 0.522. The number of anilines is 1. The number of nitrogens with two attached hydrogens (primary N) is 1. The highest BCUT2D eigenvalue weighted by Gasteiger charge is 2.54. The molecule has 2 saturated heterocycles. The van der Waals surface area contributed by atoms with Crippen LogP contribution in [0.5, 0.6) is 0 Å². The number of aryl methyl sites for hydroxylation is 1. The Hall–Kier alpha value is -2.83. The van der Waals surface area contributed by atoms with Crippen molar-refractivity contribution in [3.8, 4) is 0 Å². The molecule has 7 heteroatoms. The molecule has 2 atom stereocenters. The molecule has 158 valence electrons. The molecule has 0 unspecified atom stereocenters. The van der Waals surface area contributed by atoms with Gasteiger partial charge in [0.25, 0.3) is 5.91 Å². The summed E-state index contributed by atoms with van der Waals surface area (Å²) in [5.41, 5.74) is 7.39. The first-order valence-corrected chi connectivity index (χ1v) is 11.0. The zero-order valence-corrected chi connectivity index (χ0v) is 17.2. The highest BCUT2D eigenvalue weighted by Crippen LogP contribution is 2.47. The van der Waals surface area contributed by atoms with Crippen molar-refractivity contribution in [1.82, 2.24) is 20.0 Å². The van der Waals surface area contributed by atoms with Crippen LogP contribution in [-0.2, 0) is 11.2 Å². The van der Waals surface area contributed by atoms with Crippen molar-refractivity contribution >= 4 is 17.6 Å². The summed E-state index contributed by atoms with van der Waals surface area (Å²) in [7, 11) is 0. The molecule has 2 aromatic rings. The van der Waals surface area contributed by atoms with Crippen LogP contribution >= 0.6 is 0 Å². The molecule has 3 fully saturated rings. The van der Waals surface area contributed by atoms with Crippen LogP contribution < -0.4 is 5.73 Å². The monoisotopic (exact) mass is 407 g/mol. The molecule has 0 spiro atoms. The Balaban J connectivity index is 1.34. The molecule has 30 heavy (non-hydrogen) atoms. The van der Waals surface area contributed by atoms with E-state index in [-0.39, 0.29) is 17.2 Å². The minimum Gasteiger partial charge on any atom is -0.382 e. The first-order valence-electron chi connectivity index (χ1n) is 11.0. The van der Waals surface area contributed by atoms with Gasteiger partial charge in [-0.1, -0.05) is 36.8 Å². The highest BCUT2D eigenvalue weighted by molar-refractivity contribution is 5.93. The molecular formula is C23H29N5O2. The van der Waals surface area contributed by atoms with Gasteiger partial charge in [0.1, 0.15) is 11.5 Å². The van der Waals surface area contributed by atoms with Crippen LogP contribution in [0.4, 0.5) is 5.82 Å². The van der Waals surface area contributed by atoms with Crippen LogP contribution in [0.25, 0.3) is 0 Å². The van der Waals surface area contributed by atoms with Gasteiger partial charge in [0, 0.05) is 49.5 Å². The van der Waals surface area contributed by atoms with Crippen LogP contribution in [0.2, 0.25) is 0 Å². The maximum atomic E-state index is 13.0. The molecule has 1 saturated carbocycles. The highest BCUT2D eigenvalue weighted by atomic mass is 16.2. The van der Waals surface area contributed by atoms with Gasteiger partial charge in [-0.05, 0) is 31.2 Å². The van der Waals surface area contributed by atoms with Crippen LogP contribution in [0.15, 0.2) is 36.4 Å². The van der Waals surface area contributed by atoms with Gasteiger partial charge in [-0.25, -0.2) is 0 Å². The van der Waals surface area contributed by atoms with Crippen LogP contribution in [0.3, 0.4) is 0 Å². The van der Waals surface area contributed by atoms with Gasteiger partial charge in [-0.3, -0.25) is 14.7 Å². The molecular weight excluding hydrogens is 378 g/mol. The van der Waals surface area contributed by atoms with E-state index in [2.05, 4.69) is 39.4 Å². The molecule has 0 radical (unpaired) electrons. The molecule has 0 bridgehead atoms. The molecule has 3 N–H and O–H groups in total. The number of aromatic nitrogens is 2. The number of nitrogens with one attached hydrogen (secondary N) is 1. The second-order valence-corrected chi connectivity index (χ2v) is 9.28. The van der Waals surface area contributed by atoms with E-state index in [1.807, 2.05) is 11.0 Å². The van der Waals surface area contributed by atoms with E-state index in [1.165, 1.54) is 12.0 Å². The average Bonchev–Trinajstić information content (AvgIpc) is 3.37. The van der Waals surface area contributed by atoms with E-state index in [1.54, 1.807) is 6.07 Å². The normalized spacial score (nSPS) is 25.9. The number of carbonyl (C=O) groups excluding carboxylic acids is 2. The van der Waals surface area contributed by atoms with Gasteiger partial charge in [0.2, 0.25) is 5.91 Å². The third-order valence-corrected chi connectivity index (χ3v) is 7.39. The topological polar surface area (TPSA) is 95.3 Å². The zero-order valence-electron chi connectivity index (χ0n) is 17.2. The summed E-state index contributed by atoms with van der Waals surface area (Å²) in [6.45, 7) is 2.88. The maximum absolute atomic E-state index is 13.0. The third kappa shape index (κ3) is 3.36. The number of fused-ring (bicyclic) bond motifs is 1. The first kappa shape index (κ1) is 19.2.